The van der Waals surface area contributed by atoms with Gasteiger partial charge in [0.2, 0.25) is 15.7 Å². The first kappa shape index (κ1) is 19.6. The summed E-state index contributed by atoms with van der Waals surface area (Å²) in [6, 6.07) is 5.86. The highest BCUT2D eigenvalue weighted by molar-refractivity contribution is 8.06. The van der Waals surface area contributed by atoms with Crippen LogP contribution in [0.4, 0.5) is 0 Å². The second-order valence-electron chi connectivity index (χ2n) is 4.51. The third-order valence-electron chi connectivity index (χ3n) is 2.69. The van der Waals surface area contributed by atoms with Gasteiger partial charge in [0.15, 0.2) is 0 Å². The molecule has 2 N–H and O–H groups in total. The van der Waals surface area contributed by atoms with E-state index < -0.39 is 48.9 Å². The van der Waals surface area contributed by atoms with Crippen molar-refractivity contribution in [3.63, 3.8) is 0 Å². The van der Waals surface area contributed by atoms with E-state index in [2.05, 4.69) is 17.9 Å². The Morgan fingerprint density at radius 2 is 1.70 bits per heavy atom. The Morgan fingerprint density at radius 3 is 2.26 bits per heavy atom. The van der Waals surface area contributed by atoms with Gasteiger partial charge in [0.05, 0.1) is 11.5 Å². The quantitative estimate of drug-likeness (QED) is 0.444. The summed E-state index contributed by atoms with van der Waals surface area (Å²) in [5.41, 5.74) is -0.0809. The fraction of sp³-hybridized carbons (Fsp3) is 0.333. The summed E-state index contributed by atoms with van der Waals surface area (Å²) in [6.45, 7) is -0.356. The topological polar surface area (TPSA) is 135 Å². The molecule has 0 aliphatic carbocycles. The lowest BCUT2D eigenvalue weighted by molar-refractivity contribution is -0.120. The Balaban J connectivity index is 2.61. The van der Waals surface area contributed by atoms with Crippen LogP contribution >= 0.6 is 12.6 Å². The highest BCUT2D eigenvalue weighted by Crippen LogP contribution is 2.16. The summed E-state index contributed by atoms with van der Waals surface area (Å²) >= 11 is 4.01. The van der Waals surface area contributed by atoms with Crippen LogP contribution in [-0.2, 0) is 24.7 Å². The van der Waals surface area contributed by atoms with Crippen molar-refractivity contribution < 1.29 is 31.0 Å². The molecule has 1 aromatic rings. The van der Waals surface area contributed by atoms with Gasteiger partial charge in [0, 0.05) is 23.4 Å². The van der Waals surface area contributed by atoms with E-state index in [0.29, 0.717) is 0 Å². The predicted octanol–water partition coefficient (Wildman–Crippen LogP) is -0.0756. The molecule has 0 bridgehead atoms. The normalized spacial score (nSPS) is 11.9. The van der Waals surface area contributed by atoms with Gasteiger partial charge >= 0.3 is 0 Å². The van der Waals surface area contributed by atoms with Gasteiger partial charge < -0.3 is 5.32 Å². The minimum Gasteiger partial charge on any atom is -0.355 e. The van der Waals surface area contributed by atoms with Gasteiger partial charge in [-0.2, -0.15) is 8.42 Å². The number of hydrogen-bond donors (Lipinski definition) is 3. The molecule has 0 heterocycles. The highest BCUT2D eigenvalue weighted by atomic mass is 32.2. The molecular weight excluding hydrogens is 366 g/mol. The van der Waals surface area contributed by atoms with Gasteiger partial charge in [-0.3, -0.25) is 14.1 Å². The van der Waals surface area contributed by atoms with Gasteiger partial charge in [-0.05, 0) is 12.1 Å². The minimum absolute atomic E-state index is 0.0809. The fourth-order valence-electron chi connectivity index (χ4n) is 1.54. The number of thiol groups is 1. The number of nitrogens with one attached hydrogen (secondary N) is 1. The molecule has 0 atom stereocenters. The molecule has 1 aromatic carbocycles. The van der Waals surface area contributed by atoms with E-state index >= 15 is 0 Å². The van der Waals surface area contributed by atoms with E-state index in [0.717, 1.165) is 0 Å². The second kappa shape index (κ2) is 7.90. The van der Waals surface area contributed by atoms with Crippen molar-refractivity contribution in [3.8, 4) is 0 Å². The Hall–Kier alpha value is -1.43. The van der Waals surface area contributed by atoms with E-state index in [1.165, 1.54) is 18.2 Å². The van der Waals surface area contributed by atoms with Crippen molar-refractivity contribution >= 4 is 43.6 Å². The molecule has 8 nitrogen and oxygen atoms in total. The number of sulfone groups is 1. The van der Waals surface area contributed by atoms with Crippen molar-refractivity contribution in [2.45, 2.75) is 11.3 Å². The van der Waals surface area contributed by atoms with E-state index in [4.69, 9.17) is 4.55 Å². The maximum atomic E-state index is 12.0. The maximum absolute atomic E-state index is 12.0. The Morgan fingerprint density at radius 1 is 1.09 bits per heavy atom. The molecule has 0 aromatic heterocycles. The van der Waals surface area contributed by atoms with Gasteiger partial charge in [-0.25, -0.2) is 8.42 Å². The van der Waals surface area contributed by atoms with Crippen molar-refractivity contribution in [2.24, 2.45) is 0 Å². The summed E-state index contributed by atoms with van der Waals surface area (Å²) < 4.78 is 53.3. The monoisotopic (exact) mass is 381 g/mol. The van der Waals surface area contributed by atoms with E-state index in [-0.39, 0.29) is 17.0 Å². The van der Waals surface area contributed by atoms with Crippen molar-refractivity contribution in [3.05, 3.63) is 29.8 Å². The van der Waals surface area contributed by atoms with Crippen LogP contribution in [0.1, 0.15) is 16.8 Å². The van der Waals surface area contributed by atoms with Crippen LogP contribution in [0.3, 0.4) is 0 Å². The van der Waals surface area contributed by atoms with Crippen LogP contribution in [0.5, 0.6) is 0 Å². The Kier molecular flexibility index (Phi) is 6.74. The van der Waals surface area contributed by atoms with Crippen molar-refractivity contribution in [2.75, 3.05) is 18.1 Å². The van der Waals surface area contributed by atoms with Crippen LogP contribution in [0.25, 0.3) is 0 Å². The van der Waals surface area contributed by atoms with E-state index in [1.807, 2.05) is 0 Å². The average Bonchev–Trinajstić information content (AvgIpc) is 2.44. The summed E-state index contributed by atoms with van der Waals surface area (Å²) in [4.78, 5) is 23.6. The first-order valence-electron chi connectivity index (χ1n) is 6.30. The maximum Gasteiger partial charge on any atom is 0.277 e. The van der Waals surface area contributed by atoms with E-state index in [9.17, 15) is 26.4 Å². The lowest BCUT2D eigenvalue weighted by Gasteiger charge is -2.06. The third-order valence-corrected chi connectivity index (χ3v) is 5.32. The molecule has 0 unspecified atom stereocenters. The molecular formula is C12H15NO7S3. The first-order valence-corrected chi connectivity index (χ1v) is 10.0. The van der Waals surface area contributed by atoms with Gasteiger partial charge in [0.1, 0.15) is 0 Å². The molecule has 1 amide bonds. The fourth-order valence-corrected chi connectivity index (χ4v) is 3.39. The summed E-state index contributed by atoms with van der Waals surface area (Å²) in [5, 5.41) is 1.00. The zero-order valence-electron chi connectivity index (χ0n) is 11.8. The number of rotatable bonds is 7. The lowest BCUT2D eigenvalue weighted by atomic mass is 10.2. The number of carbonyl (C=O) groups is 2. The van der Waals surface area contributed by atoms with E-state index in [1.54, 1.807) is 6.07 Å². The van der Waals surface area contributed by atoms with Crippen molar-refractivity contribution in [1.29, 1.82) is 0 Å². The number of carbonyl (C=O) groups excluding carboxylic acids is 2. The van der Waals surface area contributed by atoms with Gasteiger partial charge in [0.25, 0.3) is 15.2 Å². The molecule has 1 rings (SSSR count). The lowest BCUT2D eigenvalue weighted by Crippen LogP contribution is -2.31. The zero-order valence-corrected chi connectivity index (χ0v) is 14.3. The molecule has 0 saturated heterocycles. The average molecular weight is 381 g/mol. The van der Waals surface area contributed by atoms with Crippen LogP contribution in [0.15, 0.2) is 29.2 Å². The third kappa shape index (κ3) is 6.69. The van der Waals surface area contributed by atoms with Crippen LogP contribution < -0.4 is 5.32 Å². The summed E-state index contributed by atoms with van der Waals surface area (Å²) in [5.74, 6) is -2.15. The molecule has 0 aliphatic rings. The minimum atomic E-state index is -4.21. The standard InChI is InChI=1S/C12H15NO7S3/c14-11(13-6-8-23(18,19)20)5-7-22(16,17)12(15)9-3-1-2-4-10(9)21/h1-4,21H,5-8H2,(H,13,14)(H,18,19,20). The molecule has 0 aliphatic heterocycles. The Bertz CT molecular complexity index is 800. The Labute approximate surface area is 139 Å². The van der Waals surface area contributed by atoms with Crippen LogP contribution in [-0.4, -0.2) is 50.5 Å². The van der Waals surface area contributed by atoms with Crippen LogP contribution in [0.2, 0.25) is 0 Å². The molecule has 0 saturated carbocycles. The zero-order chi connectivity index (χ0) is 17.7. The molecule has 11 heteroatoms. The smallest absolute Gasteiger partial charge is 0.277 e. The van der Waals surface area contributed by atoms with Crippen LogP contribution in [0, 0.1) is 0 Å². The highest BCUT2D eigenvalue weighted by Gasteiger charge is 2.26. The molecule has 128 valence electrons. The molecule has 0 radical (unpaired) electrons. The number of amides is 1. The largest absolute Gasteiger partial charge is 0.355 e. The molecule has 23 heavy (non-hydrogen) atoms. The SMILES string of the molecule is O=C(CCS(=O)(=O)C(=O)c1ccccc1S)NCCS(=O)(=O)O. The van der Waals surface area contributed by atoms with Crippen molar-refractivity contribution in [1.82, 2.24) is 5.32 Å². The molecule has 0 spiro atoms. The first-order chi connectivity index (χ1) is 10.5. The van der Waals surface area contributed by atoms with Gasteiger partial charge in [-0.1, -0.05) is 12.1 Å². The number of hydrogen-bond acceptors (Lipinski definition) is 7. The second-order valence-corrected chi connectivity index (χ2v) is 8.57. The molecule has 0 fully saturated rings. The predicted molar refractivity (Wildman–Crippen MR) is 85.9 cm³/mol. The summed E-state index contributed by atoms with van der Waals surface area (Å²) in [7, 11) is -8.41. The van der Waals surface area contributed by atoms with Gasteiger partial charge in [-0.15, -0.1) is 12.6 Å². The number of benzene rings is 1. The summed E-state index contributed by atoms with van der Waals surface area (Å²) in [6.07, 6.45) is -0.506.